The maximum absolute atomic E-state index is 13.2. The molecule has 9 nitrogen and oxygen atoms in total. The van der Waals surface area contributed by atoms with Crippen LogP contribution in [0.15, 0.2) is 54.9 Å². The number of benzene rings is 1. The van der Waals surface area contributed by atoms with Crippen LogP contribution >= 0.6 is 0 Å². The summed E-state index contributed by atoms with van der Waals surface area (Å²) in [6, 6.07) is 13.5. The minimum atomic E-state index is -0.0724. The number of likely N-dealkylation sites (tertiary alicyclic amines) is 1. The molecule has 5 rings (SSSR count). The fourth-order valence-corrected chi connectivity index (χ4v) is 4.84. The summed E-state index contributed by atoms with van der Waals surface area (Å²) in [7, 11) is 1.66. The Hall–Kier alpha value is -3.88. The van der Waals surface area contributed by atoms with Crippen molar-refractivity contribution in [3.63, 3.8) is 0 Å². The van der Waals surface area contributed by atoms with Gasteiger partial charge in [0.05, 0.1) is 12.8 Å². The molecule has 1 N–H and O–H groups in total. The molecule has 2 aliphatic heterocycles. The fourth-order valence-electron chi connectivity index (χ4n) is 4.84. The minimum Gasteiger partial charge on any atom is -0.497 e. The summed E-state index contributed by atoms with van der Waals surface area (Å²) < 4.78 is 5.24. The number of H-pyrrole nitrogens is 1. The lowest BCUT2D eigenvalue weighted by Gasteiger charge is -2.39. The van der Waals surface area contributed by atoms with Gasteiger partial charge in [0.25, 0.3) is 5.91 Å². The molecule has 4 heterocycles. The van der Waals surface area contributed by atoms with Gasteiger partial charge in [0, 0.05) is 68.8 Å². The largest absolute Gasteiger partial charge is 0.497 e. The summed E-state index contributed by atoms with van der Waals surface area (Å²) in [4.78, 5) is 36.2. The third-order valence-electron chi connectivity index (χ3n) is 6.94. The lowest BCUT2D eigenvalue weighted by atomic mass is 9.94. The van der Waals surface area contributed by atoms with Crippen molar-refractivity contribution < 1.29 is 14.3 Å². The molecular formula is C26H30N6O3. The number of hydrogen-bond acceptors (Lipinski definition) is 6. The molecule has 2 saturated heterocycles. The average molecular weight is 475 g/mol. The summed E-state index contributed by atoms with van der Waals surface area (Å²) >= 11 is 0. The van der Waals surface area contributed by atoms with Crippen LogP contribution in [-0.2, 0) is 4.79 Å². The summed E-state index contributed by atoms with van der Waals surface area (Å²) in [6.07, 6.45) is 4.78. The number of hydrogen-bond donors (Lipinski definition) is 1. The first-order valence-corrected chi connectivity index (χ1v) is 12.1. The molecule has 2 amide bonds. The smallest absolute Gasteiger partial charge is 0.271 e. The second kappa shape index (κ2) is 10.2. The third-order valence-corrected chi connectivity index (χ3v) is 6.94. The molecule has 1 aromatic carbocycles. The summed E-state index contributed by atoms with van der Waals surface area (Å²) in [5.41, 5.74) is 3.24. The van der Waals surface area contributed by atoms with Crippen LogP contribution < -0.4 is 9.64 Å². The van der Waals surface area contributed by atoms with E-state index in [-0.39, 0.29) is 17.7 Å². The normalized spacial score (nSPS) is 16.9. The van der Waals surface area contributed by atoms with Crippen LogP contribution in [0, 0.1) is 5.92 Å². The van der Waals surface area contributed by atoms with E-state index < -0.39 is 0 Å². The van der Waals surface area contributed by atoms with Crippen molar-refractivity contribution in [3.8, 4) is 17.0 Å². The van der Waals surface area contributed by atoms with Crippen molar-refractivity contribution in [1.82, 2.24) is 25.0 Å². The molecule has 2 aliphatic rings. The summed E-state index contributed by atoms with van der Waals surface area (Å²) in [5, 5.41) is 7.13. The van der Waals surface area contributed by atoms with Crippen LogP contribution in [0.4, 0.5) is 5.69 Å². The minimum absolute atomic E-state index is 0.0271. The van der Waals surface area contributed by atoms with Gasteiger partial charge < -0.3 is 19.4 Å². The Morgan fingerprint density at radius 1 is 0.914 bits per heavy atom. The van der Waals surface area contributed by atoms with Gasteiger partial charge in [-0.05, 0) is 55.3 Å². The van der Waals surface area contributed by atoms with E-state index in [1.807, 2.05) is 34.1 Å². The van der Waals surface area contributed by atoms with Crippen LogP contribution in [0.5, 0.6) is 5.75 Å². The number of aromatic nitrogens is 3. The zero-order chi connectivity index (χ0) is 24.2. The number of amides is 2. The molecule has 0 atom stereocenters. The number of anilines is 1. The molecule has 0 unspecified atom stereocenters. The monoisotopic (exact) mass is 474 g/mol. The Morgan fingerprint density at radius 2 is 1.60 bits per heavy atom. The van der Waals surface area contributed by atoms with Crippen molar-refractivity contribution in [2.45, 2.75) is 12.8 Å². The number of rotatable bonds is 5. The molecule has 0 spiro atoms. The number of carbonyl (C=O) groups excluding carboxylic acids is 2. The van der Waals surface area contributed by atoms with Gasteiger partial charge in [0.1, 0.15) is 11.4 Å². The van der Waals surface area contributed by atoms with Crippen LogP contribution in [0.2, 0.25) is 0 Å². The van der Waals surface area contributed by atoms with Gasteiger partial charge in [-0.3, -0.25) is 19.7 Å². The predicted octanol–water partition coefficient (Wildman–Crippen LogP) is 2.68. The van der Waals surface area contributed by atoms with Gasteiger partial charge in [0.15, 0.2) is 0 Å². The Balaban J connectivity index is 1.11. The second-order valence-corrected chi connectivity index (χ2v) is 8.98. The molecule has 0 bridgehead atoms. The van der Waals surface area contributed by atoms with Crippen molar-refractivity contribution in [1.29, 1.82) is 0 Å². The van der Waals surface area contributed by atoms with Gasteiger partial charge in [0.2, 0.25) is 5.91 Å². The van der Waals surface area contributed by atoms with Crippen molar-refractivity contribution in [2.75, 3.05) is 51.3 Å². The lowest BCUT2D eigenvalue weighted by molar-refractivity contribution is -0.137. The quantitative estimate of drug-likeness (QED) is 0.611. The summed E-state index contributed by atoms with van der Waals surface area (Å²) in [5.74, 6) is 0.958. The number of methoxy groups -OCH3 is 1. The van der Waals surface area contributed by atoms with E-state index in [1.165, 1.54) is 0 Å². The molecule has 0 aliphatic carbocycles. The van der Waals surface area contributed by atoms with Crippen molar-refractivity contribution in [2.24, 2.45) is 5.92 Å². The Morgan fingerprint density at radius 3 is 2.26 bits per heavy atom. The summed E-state index contributed by atoms with van der Waals surface area (Å²) in [6.45, 7) is 4.21. The van der Waals surface area contributed by atoms with Gasteiger partial charge >= 0.3 is 0 Å². The molecule has 35 heavy (non-hydrogen) atoms. The maximum atomic E-state index is 13.2. The Bertz CT molecular complexity index is 1150. The predicted molar refractivity (Wildman–Crippen MR) is 132 cm³/mol. The molecule has 0 radical (unpaired) electrons. The fraction of sp³-hybridized carbons (Fsp3) is 0.385. The van der Waals surface area contributed by atoms with E-state index in [9.17, 15) is 9.59 Å². The van der Waals surface area contributed by atoms with Crippen LogP contribution in [-0.4, -0.2) is 83.2 Å². The first-order valence-electron chi connectivity index (χ1n) is 12.1. The molecule has 182 valence electrons. The van der Waals surface area contributed by atoms with E-state index in [2.05, 4.69) is 32.2 Å². The zero-order valence-corrected chi connectivity index (χ0v) is 19.9. The van der Waals surface area contributed by atoms with Gasteiger partial charge in [-0.15, -0.1) is 0 Å². The number of aromatic amines is 1. The highest BCUT2D eigenvalue weighted by molar-refractivity contribution is 5.93. The molecule has 2 fully saturated rings. The number of ether oxygens (including phenoxy) is 1. The van der Waals surface area contributed by atoms with Crippen LogP contribution in [0.25, 0.3) is 11.3 Å². The molecule has 9 heteroatoms. The van der Waals surface area contributed by atoms with E-state index in [0.717, 1.165) is 48.9 Å². The van der Waals surface area contributed by atoms with Gasteiger partial charge in [-0.2, -0.15) is 5.10 Å². The first kappa shape index (κ1) is 22.9. The van der Waals surface area contributed by atoms with Crippen LogP contribution in [0.3, 0.4) is 0 Å². The van der Waals surface area contributed by atoms with Crippen LogP contribution in [0.1, 0.15) is 23.3 Å². The Kier molecular flexibility index (Phi) is 6.65. The first-order chi connectivity index (χ1) is 17.1. The number of nitrogens with zero attached hydrogens (tertiary/aromatic N) is 5. The third kappa shape index (κ3) is 4.99. The lowest BCUT2D eigenvalue weighted by Crippen LogP contribution is -2.52. The van der Waals surface area contributed by atoms with Crippen molar-refractivity contribution in [3.05, 3.63) is 60.6 Å². The molecule has 2 aromatic heterocycles. The maximum Gasteiger partial charge on any atom is 0.271 e. The Labute approximate surface area is 204 Å². The number of pyridine rings is 1. The topological polar surface area (TPSA) is 94.7 Å². The van der Waals surface area contributed by atoms with E-state index in [1.54, 1.807) is 25.6 Å². The number of nitrogens with one attached hydrogen (secondary N) is 1. The SMILES string of the molecule is COc1ccc(N2CCN(C(=O)C3CCN(C(=O)c4cc(-c5ccncc5)n[nH]4)CC3)CC2)cc1. The number of piperazine rings is 1. The average Bonchev–Trinajstić information content (AvgIpc) is 3.43. The van der Waals surface area contributed by atoms with Gasteiger partial charge in [-0.25, -0.2) is 0 Å². The van der Waals surface area contributed by atoms with Gasteiger partial charge in [-0.1, -0.05) is 0 Å². The number of piperidine rings is 1. The highest BCUT2D eigenvalue weighted by Crippen LogP contribution is 2.25. The highest BCUT2D eigenvalue weighted by Gasteiger charge is 2.32. The standard InChI is InChI=1S/C26H30N6O3/c1-35-22-4-2-21(3-5-22)30-14-16-32(17-15-30)25(33)20-8-12-31(13-9-20)26(34)24-18-23(28-29-24)19-6-10-27-11-7-19/h2-7,10-11,18,20H,8-9,12-17H2,1H3,(H,28,29). The number of carbonyl (C=O) groups is 2. The van der Waals surface area contributed by atoms with E-state index in [0.29, 0.717) is 31.6 Å². The molecule has 3 aromatic rings. The van der Waals surface area contributed by atoms with E-state index in [4.69, 9.17) is 4.74 Å². The van der Waals surface area contributed by atoms with E-state index >= 15 is 0 Å². The van der Waals surface area contributed by atoms with Crippen molar-refractivity contribution >= 4 is 17.5 Å². The molecular weight excluding hydrogens is 444 g/mol. The highest BCUT2D eigenvalue weighted by atomic mass is 16.5. The molecule has 0 saturated carbocycles. The zero-order valence-electron chi connectivity index (χ0n) is 19.9. The second-order valence-electron chi connectivity index (χ2n) is 8.98.